The molecule has 1 aromatic heterocycles. The molecule has 3 unspecified atom stereocenters. The van der Waals surface area contributed by atoms with Gasteiger partial charge in [0, 0.05) is 6.04 Å². The predicted molar refractivity (Wildman–Crippen MR) is 114 cm³/mol. The number of hydrogen-bond acceptors (Lipinski definition) is 6. The number of carbonyl (C=O) groups excluding carboxylic acids is 2. The molecule has 1 saturated heterocycles. The van der Waals surface area contributed by atoms with Gasteiger partial charge in [-0.25, -0.2) is 4.63 Å². The second-order valence-corrected chi connectivity index (χ2v) is 8.20. The zero-order valence-electron chi connectivity index (χ0n) is 17.3. The third-order valence-electron chi connectivity index (χ3n) is 6.51. The normalized spacial score (nSPS) is 22.9. The molecule has 0 spiro atoms. The van der Waals surface area contributed by atoms with Crippen molar-refractivity contribution in [1.29, 1.82) is 0 Å². The van der Waals surface area contributed by atoms with Crippen molar-refractivity contribution in [1.82, 2.24) is 15.2 Å². The lowest BCUT2D eigenvalue weighted by atomic mass is 9.84. The van der Waals surface area contributed by atoms with Gasteiger partial charge < -0.3 is 15.0 Å². The highest BCUT2D eigenvalue weighted by molar-refractivity contribution is 6.05. The Labute approximate surface area is 179 Å². The summed E-state index contributed by atoms with van der Waals surface area (Å²) < 4.78 is 10.2. The highest BCUT2D eigenvalue weighted by atomic mass is 16.6. The van der Waals surface area contributed by atoms with E-state index >= 15 is 0 Å². The number of nitrogens with one attached hydrogen (secondary N) is 1. The largest absolute Gasteiger partial charge is 0.496 e. The maximum absolute atomic E-state index is 13.6. The van der Waals surface area contributed by atoms with E-state index in [-0.39, 0.29) is 17.9 Å². The molecule has 2 aliphatic rings. The third kappa shape index (κ3) is 3.41. The number of amides is 2. The SMILES string of the molecule is COc1ccccc1C(=O)N1C(C(=O)Nc2cccc3nonc23)CC2CCCCC21. The van der Waals surface area contributed by atoms with Crippen LogP contribution in [0.15, 0.2) is 47.1 Å². The molecule has 2 aromatic carbocycles. The smallest absolute Gasteiger partial charge is 0.258 e. The number of ether oxygens (including phenoxy) is 1. The highest BCUT2D eigenvalue weighted by Crippen LogP contribution is 2.41. The second-order valence-electron chi connectivity index (χ2n) is 8.20. The summed E-state index contributed by atoms with van der Waals surface area (Å²) in [5.41, 5.74) is 2.08. The quantitative estimate of drug-likeness (QED) is 0.692. The van der Waals surface area contributed by atoms with Crippen molar-refractivity contribution >= 4 is 28.5 Å². The average Bonchev–Trinajstić information content (AvgIpc) is 3.44. The van der Waals surface area contributed by atoms with E-state index in [2.05, 4.69) is 15.6 Å². The van der Waals surface area contributed by atoms with Gasteiger partial charge in [0.15, 0.2) is 5.52 Å². The van der Waals surface area contributed by atoms with Gasteiger partial charge in [-0.15, -0.1) is 0 Å². The van der Waals surface area contributed by atoms with Crippen molar-refractivity contribution in [3.8, 4) is 5.75 Å². The summed E-state index contributed by atoms with van der Waals surface area (Å²) in [7, 11) is 1.55. The van der Waals surface area contributed by atoms with Crippen LogP contribution in [0.1, 0.15) is 42.5 Å². The Balaban J connectivity index is 1.47. The van der Waals surface area contributed by atoms with Crippen molar-refractivity contribution in [3.63, 3.8) is 0 Å². The van der Waals surface area contributed by atoms with Crippen molar-refractivity contribution in [3.05, 3.63) is 48.0 Å². The van der Waals surface area contributed by atoms with Gasteiger partial charge in [-0.05, 0) is 59.8 Å². The fourth-order valence-electron chi connectivity index (χ4n) is 5.07. The number of aromatic nitrogens is 2. The molecule has 1 aliphatic heterocycles. The summed E-state index contributed by atoms with van der Waals surface area (Å²) in [5.74, 6) is 0.471. The van der Waals surface area contributed by atoms with E-state index in [9.17, 15) is 9.59 Å². The van der Waals surface area contributed by atoms with Crippen LogP contribution in [0.3, 0.4) is 0 Å². The monoisotopic (exact) mass is 420 g/mol. The molecule has 2 amide bonds. The first-order chi connectivity index (χ1) is 15.2. The van der Waals surface area contributed by atoms with Crippen LogP contribution in [0.4, 0.5) is 5.69 Å². The minimum Gasteiger partial charge on any atom is -0.496 e. The van der Waals surface area contributed by atoms with E-state index in [0.29, 0.717) is 40.4 Å². The van der Waals surface area contributed by atoms with Gasteiger partial charge in [-0.1, -0.05) is 31.0 Å². The average molecular weight is 420 g/mol. The number of anilines is 1. The number of para-hydroxylation sites is 1. The van der Waals surface area contributed by atoms with Gasteiger partial charge in [0.2, 0.25) is 5.91 Å². The Morgan fingerprint density at radius 2 is 1.94 bits per heavy atom. The number of benzene rings is 2. The molecule has 0 radical (unpaired) electrons. The maximum atomic E-state index is 13.6. The van der Waals surface area contributed by atoms with Crippen LogP contribution in [-0.4, -0.2) is 46.2 Å². The van der Waals surface area contributed by atoms with Gasteiger partial charge >= 0.3 is 0 Å². The zero-order valence-corrected chi connectivity index (χ0v) is 17.3. The number of hydrogen-bond donors (Lipinski definition) is 1. The van der Waals surface area contributed by atoms with E-state index in [4.69, 9.17) is 9.37 Å². The second kappa shape index (κ2) is 8.02. The lowest BCUT2D eigenvalue weighted by Gasteiger charge is -2.34. The summed E-state index contributed by atoms with van der Waals surface area (Å²) in [5, 5.41) is 10.7. The molecule has 0 bridgehead atoms. The minimum absolute atomic E-state index is 0.0615. The fourth-order valence-corrected chi connectivity index (χ4v) is 5.07. The summed E-state index contributed by atoms with van der Waals surface area (Å²) in [4.78, 5) is 28.8. The van der Waals surface area contributed by atoms with E-state index < -0.39 is 6.04 Å². The van der Waals surface area contributed by atoms with E-state index in [0.717, 1.165) is 25.7 Å². The molecule has 2 fully saturated rings. The molecule has 8 nitrogen and oxygen atoms in total. The molecule has 2 heterocycles. The van der Waals surface area contributed by atoms with Crippen molar-refractivity contribution in [2.75, 3.05) is 12.4 Å². The molecular weight excluding hydrogens is 396 g/mol. The first-order valence-electron chi connectivity index (χ1n) is 10.6. The summed E-state index contributed by atoms with van der Waals surface area (Å²) in [6.07, 6.45) is 4.81. The number of fused-ring (bicyclic) bond motifs is 2. The molecule has 1 saturated carbocycles. The van der Waals surface area contributed by atoms with Crippen LogP contribution >= 0.6 is 0 Å². The fraction of sp³-hybridized carbons (Fsp3) is 0.391. The third-order valence-corrected chi connectivity index (χ3v) is 6.51. The predicted octanol–water partition coefficient (Wildman–Crippen LogP) is 3.64. The Bertz CT molecular complexity index is 1130. The summed E-state index contributed by atoms with van der Waals surface area (Å²) in [6, 6.07) is 12.0. The summed E-state index contributed by atoms with van der Waals surface area (Å²) >= 11 is 0. The van der Waals surface area contributed by atoms with Gasteiger partial charge in [-0.3, -0.25) is 9.59 Å². The number of nitrogens with zero attached hydrogens (tertiary/aromatic N) is 3. The minimum atomic E-state index is -0.555. The van der Waals surface area contributed by atoms with Gasteiger partial charge in [0.25, 0.3) is 5.91 Å². The zero-order chi connectivity index (χ0) is 21.4. The Morgan fingerprint density at radius 3 is 2.81 bits per heavy atom. The maximum Gasteiger partial charge on any atom is 0.258 e. The first-order valence-corrected chi connectivity index (χ1v) is 10.6. The van der Waals surface area contributed by atoms with Crippen LogP contribution in [0.5, 0.6) is 5.75 Å². The van der Waals surface area contributed by atoms with Gasteiger partial charge in [0.05, 0.1) is 18.4 Å². The Morgan fingerprint density at radius 1 is 1.10 bits per heavy atom. The van der Waals surface area contributed by atoms with Crippen LogP contribution < -0.4 is 10.1 Å². The molecule has 1 N–H and O–H groups in total. The molecule has 8 heteroatoms. The number of likely N-dealkylation sites (tertiary alicyclic amines) is 1. The van der Waals surface area contributed by atoms with Crippen molar-refractivity contribution in [2.24, 2.45) is 5.92 Å². The Hall–Kier alpha value is -3.42. The van der Waals surface area contributed by atoms with Crippen molar-refractivity contribution < 1.29 is 19.0 Å². The summed E-state index contributed by atoms with van der Waals surface area (Å²) in [6.45, 7) is 0. The number of carbonyl (C=O) groups is 2. The van der Waals surface area contributed by atoms with Crippen molar-refractivity contribution in [2.45, 2.75) is 44.2 Å². The van der Waals surface area contributed by atoms with Crippen LogP contribution in [-0.2, 0) is 4.79 Å². The molecule has 160 valence electrons. The van der Waals surface area contributed by atoms with Crippen LogP contribution in [0.25, 0.3) is 11.0 Å². The molecule has 5 rings (SSSR count). The van der Waals surface area contributed by atoms with E-state index in [1.807, 2.05) is 12.1 Å². The Kier molecular flexibility index (Phi) is 5.05. The topological polar surface area (TPSA) is 97.6 Å². The van der Waals surface area contributed by atoms with Gasteiger partial charge in [0.1, 0.15) is 17.3 Å². The molecule has 1 aliphatic carbocycles. The standard InChI is InChI=1S/C23H24N4O4/c1-30-20-12-5-3-8-15(20)23(29)27-18-11-4-2-7-14(18)13-19(27)22(28)24-16-9-6-10-17-21(16)26-31-25-17/h3,5-6,8-10,12,14,18-19H,2,4,7,11,13H2,1H3,(H,24,28). The number of methoxy groups -OCH3 is 1. The molecule has 3 atom stereocenters. The van der Waals surface area contributed by atoms with Crippen LogP contribution in [0, 0.1) is 5.92 Å². The lowest BCUT2D eigenvalue weighted by Crippen LogP contribution is -2.48. The van der Waals surface area contributed by atoms with E-state index in [1.54, 1.807) is 42.3 Å². The number of rotatable bonds is 4. The molecule has 31 heavy (non-hydrogen) atoms. The highest BCUT2D eigenvalue weighted by Gasteiger charge is 2.48. The van der Waals surface area contributed by atoms with Gasteiger partial charge in [-0.2, -0.15) is 0 Å². The van der Waals surface area contributed by atoms with E-state index in [1.165, 1.54) is 0 Å². The molecule has 3 aromatic rings. The lowest BCUT2D eigenvalue weighted by molar-refractivity contribution is -0.120. The molecular formula is C23H24N4O4. The van der Waals surface area contributed by atoms with Crippen LogP contribution in [0.2, 0.25) is 0 Å². The first kappa shape index (κ1) is 19.5.